The molecule has 2 aromatic rings. The zero-order chi connectivity index (χ0) is 10.1. The molecule has 0 aliphatic rings. The van der Waals surface area contributed by atoms with E-state index < -0.39 is 0 Å². The number of fused-ring (bicyclic) bond motifs is 1. The van der Waals surface area contributed by atoms with Gasteiger partial charge in [0.25, 0.3) is 0 Å². The molecule has 0 aliphatic carbocycles. The van der Waals surface area contributed by atoms with Crippen LogP contribution in [0, 0.1) is 0 Å². The number of nitrogens with two attached hydrogens (primary N) is 2. The second-order valence-corrected chi connectivity index (χ2v) is 3.34. The molecule has 74 valence electrons. The molecule has 4 heteroatoms. The molecule has 1 heterocycles. The minimum Gasteiger partial charge on any atom is -0.397 e. The molecular formula is C10H14N4. The van der Waals surface area contributed by atoms with Gasteiger partial charge in [-0.05, 0) is 18.7 Å². The maximum absolute atomic E-state index is 5.83. The summed E-state index contributed by atoms with van der Waals surface area (Å²) in [7, 11) is 1.99. The summed E-state index contributed by atoms with van der Waals surface area (Å²) in [5.74, 6) is 0.986. The van der Waals surface area contributed by atoms with Crippen LogP contribution in [-0.2, 0) is 13.5 Å². The average molecular weight is 190 g/mol. The molecule has 0 amide bonds. The fraction of sp³-hybridized carbons (Fsp3) is 0.300. The third kappa shape index (κ3) is 1.24. The first-order valence-corrected chi connectivity index (χ1v) is 4.64. The highest BCUT2D eigenvalue weighted by molar-refractivity contribution is 5.87. The second-order valence-electron chi connectivity index (χ2n) is 3.34. The lowest BCUT2D eigenvalue weighted by molar-refractivity contribution is 0.794. The Bertz CT molecular complexity index is 458. The molecule has 0 atom stereocenters. The lowest BCUT2D eigenvalue weighted by atomic mass is 10.3. The highest BCUT2D eigenvalue weighted by Crippen LogP contribution is 2.20. The molecule has 0 aliphatic heterocycles. The first-order chi connectivity index (χ1) is 6.74. The maximum Gasteiger partial charge on any atom is 0.112 e. The summed E-state index contributed by atoms with van der Waals surface area (Å²) in [6, 6.07) is 5.81. The van der Waals surface area contributed by atoms with Crippen molar-refractivity contribution in [1.82, 2.24) is 9.55 Å². The number of benzene rings is 1. The minimum absolute atomic E-state index is 0.608. The molecule has 4 nitrogen and oxygen atoms in total. The first kappa shape index (κ1) is 9.02. The Labute approximate surface area is 82.5 Å². The summed E-state index contributed by atoms with van der Waals surface area (Å²) >= 11 is 0. The van der Waals surface area contributed by atoms with Crippen molar-refractivity contribution in [2.45, 2.75) is 6.42 Å². The number of aryl methyl sites for hydroxylation is 1. The van der Waals surface area contributed by atoms with E-state index in [1.165, 1.54) is 0 Å². The van der Waals surface area contributed by atoms with Crippen molar-refractivity contribution in [2.75, 3.05) is 12.3 Å². The molecule has 2 rings (SSSR count). The van der Waals surface area contributed by atoms with Crippen LogP contribution in [-0.4, -0.2) is 16.1 Å². The second kappa shape index (κ2) is 3.31. The molecule has 0 unspecified atom stereocenters. The van der Waals surface area contributed by atoms with Crippen LogP contribution in [0.2, 0.25) is 0 Å². The van der Waals surface area contributed by atoms with Gasteiger partial charge in [0.15, 0.2) is 0 Å². The number of imidazole rings is 1. The van der Waals surface area contributed by atoms with E-state index in [-0.39, 0.29) is 0 Å². The van der Waals surface area contributed by atoms with Gasteiger partial charge in [-0.25, -0.2) is 4.98 Å². The molecule has 0 fully saturated rings. The van der Waals surface area contributed by atoms with E-state index in [4.69, 9.17) is 11.5 Å². The molecule has 0 bridgehead atoms. The van der Waals surface area contributed by atoms with Crippen LogP contribution in [0.25, 0.3) is 11.0 Å². The number of rotatable bonds is 2. The van der Waals surface area contributed by atoms with Crippen LogP contribution in [0.15, 0.2) is 18.2 Å². The first-order valence-electron chi connectivity index (χ1n) is 4.64. The smallest absolute Gasteiger partial charge is 0.112 e. The Morgan fingerprint density at radius 2 is 2.21 bits per heavy atom. The summed E-state index contributed by atoms with van der Waals surface area (Å²) in [4.78, 5) is 4.46. The Kier molecular flexibility index (Phi) is 2.13. The van der Waals surface area contributed by atoms with E-state index in [1.807, 2.05) is 29.8 Å². The molecule has 0 saturated carbocycles. The summed E-state index contributed by atoms with van der Waals surface area (Å²) in [5.41, 5.74) is 14.0. The standard InChI is InChI=1S/C10H14N4/c1-14-8-4-2-3-7(12)10(8)13-9(14)5-6-11/h2-4H,5-6,11-12H2,1H3. The van der Waals surface area contributed by atoms with Crippen LogP contribution < -0.4 is 11.5 Å². The van der Waals surface area contributed by atoms with Crippen molar-refractivity contribution in [3.8, 4) is 0 Å². The number of hydrogen-bond donors (Lipinski definition) is 2. The molecule has 1 aromatic carbocycles. The Hall–Kier alpha value is -1.55. The number of hydrogen-bond acceptors (Lipinski definition) is 3. The predicted molar refractivity (Wildman–Crippen MR) is 57.9 cm³/mol. The monoisotopic (exact) mass is 190 g/mol. The SMILES string of the molecule is Cn1c(CCN)nc2c(N)cccc21. The van der Waals surface area contributed by atoms with Crippen molar-refractivity contribution in [1.29, 1.82) is 0 Å². The van der Waals surface area contributed by atoms with Gasteiger partial charge in [0.05, 0.1) is 11.2 Å². The number of anilines is 1. The molecule has 0 radical (unpaired) electrons. The zero-order valence-electron chi connectivity index (χ0n) is 8.20. The van der Waals surface area contributed by atoms with Gasteiger partial charge in [-0.1, -0.05) is 6.07 Å². The van der Waals surface area contributed by atoms with Crippen LogP contribution >= 0.6 is 0 Å². The van der Waals surface area contributed by atoms with E-state index in [0.29, 0.717) is 6.54 Å². The fourth-order valence-corrected chi connectivity index (χ4v) is 1.64. The third-order valence-corrected chi connectivity index (χ3v) is 2.40. The Morgan fingerprint density at radius 1 is 1.43 bits per heavy atom. The quantitative estimate of drug-likeness (QED) is 0.683. The van der Waals surface area contributed by atoms with Gasteiger partial charge in [-0.3, -0.25) is 0 Å². The molecule has 0 spiro atoms. The van der Waals surface area contributed by atoms with E-state index in [1.54, 1.807) is 0 Å². The van der Waals surface area contributed by atoms with E-state index in [0.717, 1.165) is 29.0 Å². The van der Waals surface area contributed by atoms with Gasteiger partial charge in [0.2, 0.25) is 0 Å². The molecule has 14 heavy (non-hydrogen) atoms. The van der Waals surface area contributed by atoms with Crippen LogP contribution in [0.5, 0.6) is 0 Å². The van der Waals surface area contributed by atoms with Gasteiger partial charge in [0.1, 0.15) is 11.3 Å². The van der Waals surface area contributed by atoms with Crippen molar-refractivity contribution < 1.29 is 0 Å². The van der Waals surface area contributed by atoms with Crippen molar-refractivity contribution in [3.63, 3.8) is 0 Å². The summed E-state index contributed by atoms with van der Waals surface area (Å²) < 4.78 is 2.04. The van der Waals surface area contributed by atoms with Crippen molar-refractivity contribution in [2.24, 2.45) is 12.8 Å². The van der Waals surface area contributed by atoms with E-state index in [9.17, 15) is 0 Å². The number of nitrogen functional groups attached to an aromatic ring is 1. The van der Waals surface area contributed by atoms with Crippen molar-refractivity contribution >= 4 is 16.7 Å². The van der Waals surface area contributed by atoms with Crippen LogP contribution in [0.3, 0.4) is 0 Å². The zero-order valence-corrected chi connectivity index (χ0v) is 8.20. The largest absolute Gasteiger partial charge is 0.397 e. The molecule has 4 N–H and O–H groups in total. The summed E-state index contributed by atoms with van der Waals surface area (Å²) in [6.45, 7) is 0.608. The van der Waals surface area contributed by atoms with Gasteiger partial charge in [-0.2, -0.15) is 0 Å². The van der Waals surface area contributed by atoms with E-state index in [2.05, 4.69) is 4.98 Å². The summed E-state index contributed by atoms with van der Waals surface area (Å²) in [5, 5.41) is 0. The predicted octanol–water partition coefficient (Wildman–Crippen LogP) is 0.657. The highest BCUT2D eigenvalue weighted by Gasteiger charge is 2.08. The fourth-order valence-electron chi connectivity index (χ4n) is 1.64. The van der Waals surface area contributed by atoms with Crippen LogP contribution in [0.4, 0.5) is 5.69 Å². The van der Waals surface area contributed by atoms with Gasteiger partial charge < -0.3 is 16.0 Å². The highest BCUT2D eigenvalue weighted by atomic mass is 15.1. The van der Waals surface area contributed by atoms with Crippen LogP contribution in [0.1, 0.15) is 5.82 Å². The third-order valence-electron chi connectivity index (χ3n) is 2.40. The number of para-hydroxylation sites is 1. The molecule has 0 saturated heterocycles. The Balaban J connectivity index is 2.67. The number of nitrogens with zero attached hydrogens (tertiary/aromatic N) is 2. The molecular weight excluding hydrogens is 176 g/mol. The minimum atomic E-state index is 0.608. The maximum atomic E-state index is 5.83. The van der Waals surface area contributed by atoms with Gasteiger partial charge in [-0.15, -0.1) is 0 Å². The lowest BCUT2D eigenvalue weighted by Gasteiger charge is -1.99. The topological polar surface area (TPSA) is 69.9 Å². The van der Waals surface area contributed by atoms with E-state index >= 15 is 0 Å². The number of aromatic nitrogens is 2. The average Bonchev–Trinajstić information content (AvgIpc) is 2.48. The van der Waals surface area contributed by atoms with Gasteiger partial charge in [0, 0.05) is 13.5 Å². The Morgan fingerprint density at radius 3 is 2.86 bits per heavy atom. The lowest BCUT2D eigenvalue weighted by Crippen LogP contribution is -2.07. The van der Waals surface area contributed by atoms with Gasteiger partial charge >= 0.3 is 0 Å². The summed E-state index contributed by atoms with van der Waals surface area (Å²) in [6.07, 6.45) is 0.782. The van der Waals surface area contributed by atoms with Crippen molar-refractivity contribution in [3.05, 3.63) is 24.0 Å². The normalized spacial score (nSPS) is 11.0. The molecule has 1 aromatic heterocycles.